The third-order valence-corrected chi connectivity index (χ3v) is 7.29. The van der Waals surface area contributed by atoms with E-state index in [9.17, 15) is 4.79 Å². The van der Waals surface area contributed by atoms with Crippen molar-refractivity contribution in [3.8, 4) is 17.3 Å². The monoisotopic (exact) mass is 495 g/mol. The van der Waals surface area contributed by atoms with E-state index in [4.69, 9.17) is 4.42 Å². The standard InChI is InChI=1S/C28H25N5O2S/c34-26(32-17-15-31(16-18-32)22-10-3-1-4-11-22)20-36-28-30-29-27(33(28)23-12-5-2-6-13-23)25-19-21-9-7-8-14-24(21)35-25/h1-14,19H,15-18,20H2. The van der Waals surface area contributed by atoms with Crippen LogP contribution in [0.3, 0.4) is 0 Å². The molecule has 6 rings (SSSR count). The molecule has 5 aromatic rings. The summed E-state index contributed by atoms with van der Waals surface area (Å²) in [6.45, 7) is 3.08. The summed E-state index contributed by atoms with van der Waals surface area (Å²) in [5.74, 6) is 1.67. The number of fused-ring (bicyclic) bond motifs is 1. The Kier molecular flexibility index (Phi) is 6.17. The molecule has 3 aromatic carbocycles. The minimum Gasteiger partial charge on any atom is -0.453 e. The minimum absolute atomic E-state index is 0.112. The first-order valence-electron chi connectivity index (χ1n) is 12.0. The highest BCUT2D eigenvalue weighted by atomic mass is 32.2. The van der Waals surface area contributed by atoms with Gasteiger partial charge in [0.1, 0.15) is 5.58 Å². The van der Waals surface area contributed by atoms with Crippen LogP contribution in [0.4, 0.5) is 5.69 Å². The lowest BCUT2D eigenvalue weighted by Crippen LogP contribution is -2.49. The fourth-order valence-corrected chi connectivity index (χ4v) is 5.35. The number of hydrogen-bond acceptors (Lipinski definition) is 6. The van der Waals surface area contributed by atoms with Gasteiger partial charge in [-0.15, -0.1) is 10.2 Å². The Morgan fingerprint density at radius 3 is 2.19 bits per heavy atom. The first kappa shape index (κ1) is 22.4. The summed E-state index contributed by atoms with van der Waals surface area (Å²) in [5, 5.41) is 10.6. The molecular weight excluding hydrogens is 470 g/mol. The molecule has 1 amide bonds. The maximum Gasteiger partial charge on any atom is 0.233 e. The average molecular weight is 496 g/mol. The molecule has 1 saturated heterocycles. The Morgan fingerprint density at radius 1 is 0.806 bits per heavy atom. The Bertz CT molecular complexity index is 1440. The Morgan fingerprint density at radius 2 is 1.47 bits per heavy atom. The van der Waals surface area contributed by atoms with Crippen molar-refractivity contribution in [2.75, 3.05) is 36.8 Å². The average Bonchev–Trinajstić information content (AvgIpc) is 3.57. The second-order valence-corrected chi connectivity index (χ2v) is 9.56. The van der Waals surface area contributed by atoms with Crippen molar-refractivity contribution in [2.45, 2.75) is 5.16 Å². The van der Waals surface area contributed by atoms with Crippen molar-refractivity contribution in [3.05, 3.63) is 91.0 Å². The lowest BCUT2D eigenvalue weighted by Gasteiger charge is -2.36. The van der Waals surface area contributed by atoms with E-state index in [1.807, 2.05) is 88.3 Å². The number of piperazine rings is 1. The molecule has 1 aliphatic heterocycles. The highest BCUT2D eigenvalue weighted by Crippen LogP contribution is 2.31. The van der Waals surface area contributed by atoms with Crippen molar-refractivity contribution < 1.29 is 9.21 Å². The number of amides is 1. The summed E-state index contributed by atoms with van der Waals surface area (Å²) in [5.41, 5.74) is 2.92. The highest BCUT2D eigenvalue weighted by molar-refractivity contribution is 7.99. The van der Waals surface area contributed by atoms with Crippen molar-refractivity contribution in [1.82, 2.24) is 19.7 Å². The number of hydrogen-bond donors (Lipinski definition) is 0. The third kappa shape index (κ3) is 4.47. The summed E-state index contributed by atoms with van der Waals surface area (Å²) < 4.78 is 8.05. The zero-order valence-corrected chi connectivity index (χ0v) is 20.5. The van der Waals surface area contributed by atoms with Crippen LogP contribution in [0.2, 0.25) is 0 Å². The maximum absolute atomic E-state index is 13.1. The highest BCUT2D eigenvalue weighted by Gasteiger charge is 2.24. The fraction of sp³-hybridized carbons (Fsp3) is 0.179. The Balaban J connectivity index is 1.19. The largest absolute Gasteiger partial charge is 0.453 e. The van der Waals surface area contributed by atoms with Crippen LogP contribution < -0.4 is 4.90 Å². The Labute approximate surface area is 213 Å². The smallest absolute Gasteiger partial charge is 0.233 e. The molecule has 0 atom stereocenters. The fourth-order valence-electron chi connectivity index (χ4n) is 4.50. The predicted molar refractivity (Wildman–Crippen MR) is 143 cm³/mol. The van der Waals surface area contributed by atoms with Crippen LogP contribution in [-0.4, -0.2) is 57.5 Å². The lowest BCUT2D eigenvalue weighted by molar-refractivity contribution is -0.128. The van der Waals surface area contributed by atoms with Crippen molar-refractivity contribution in [1.29, 1.82) is 0 Å². The quantitative estimate of drug-likeness (QED) is 0.305. The van der Waals surface area contributed by atoms with E-state index < -0.39 is 0 Å². The topological polar surface area (TPSA) is 67.4 Å². The van der Waals surface area contributed by atoms with Crippen LogP contribution in [-0.2, 0) is 4.79 Å². The third-order valence-electron chi connectivity index (χ3n) is 6.37. The zero-order valence-electron chi connectivity index (χ0n) is 19.7. The van der Waals surface area contributed by atoms with Gasteiger partial charge >= 0.3 is 0 Å². The number of nitrogens with zero attached hydrogens (tertiary/aromatic N) is 5. The van der Waals surface area contributed by atoms with E-state index in [1.54, 1.807) is 0 Å². The number of furan rings is 1. The van der Waals surface area contributed by atoms with Gasteiger partial charge < -0.3 is 14.2 Å². The SMILES string of the molecule is O=C(CSc1nnc(-c2cc3ccccc3o2)n1-c1ccccc1)N1CCN(c2ccccc2)CC1. The number of carbonyl (C=O) groups excluding carboxylic acids is 1. The molecule has 8 heteroatoms. The number of para-hydroxylation sites is 3. The second-order valence-electron chi connectivity index (χ2n) is 8.62. The molecule has 0 bridgehead atoms. The number of anilines is 1. The van der Waals surface area contributed by atoms with Gasteiger partial charge in [0.05, 0.1) is 5.75 Å². The van der Waals surface area contributed by atoms with Crippen molar-refractivity contribution in [3.63, 3.8) is 0 Å². The summed E-state index contributed by atoms with van der Waals surface area (Å²) in [4.78, 5) is 17.3. The summed E-state index contributed by atoms with van der Waals surface area (Å²) in [7, 11) is 0. The van der Waals surface area contributed by atoms with E-state index >= 15 is 0 Å². The van der Waals surface area contributed by atoms with E-state index in [1.165, 1.54) is 17.4 Å². The van der Waals surface area contributed by atoms with Gasteiger partial charge in [0, 0.05) is 42.9 Å². The molecular formula is C28H25N5O2S. The van der Waals surface area contributed by atoms with Crippen LogP contribution in [0.15, 0.2) is 101 Å². The van der Waals surface area contributed by atoms with E-state index in [0.29, 0.717) is 35.6 Å². The van der Waals surface area contributed by atoms with Crippen LogP contribution in [0.25, 0.3) is 28.2 Å². The van der Waals surface area contributed by atoms with Gasteiger partial charge in [0.25, 0.3) is 0 Å². The maximum atomic E-state index is 13.1. The molecule has 3 heterocycles. The van der Waals surface area contributed by atoms with Crippen LogP contribution in [0.5, 0.6) is 0 Å². The second kappa shape index (κ2) is 9.91. The van der Waals surface area contributed by atoms with Crippen LogP contribution >= 0.6 is 11.8 Å². The van der Waals surface area contributed by atoms with Gasteiger partial charge in [0.15, 0.2) is 10.9 Å². The molecule has 1 aliphatic rings. The molecule has 2 aromatic heterocycles. The minimum atomic E-state index is 0.112. The van der Waals surface area contributed by atoms with E-state index in [0.717, 1.165) is 29.7 Å². The van der Waals surface area contributed by atoms with Gasteiger partial charge in [0.2, 0.25) is 11.7 Å². The molecule has 7 nitrogen and oxygen atoms in total. The predicted octanol–water partition coefficient (Wildman–Crippen LogP) is 5.12. The Hall–Kier alpha value is -4.04. The molecule has 0 N–H and O–H groups in total. The van der Waals surface area contributed by atoms with E-state index in [2.05, 4.69) is 27.2 Å². The number of benzene rings is 3. The summed E-state index contributed by atoms with van der Waals surface area (Å²) in [6.07, 6.45) is 0. The number of aromatic nitrogens is 3. The molecule has 0 unspecified atom stereocenters. The molecule has 180 valence electrons. The van der Waals surface area contributed by atoms with Gasteiger partial charge in [-0.1, -0.05) is 66.4 Å². The molecule has 36 heavy (non-hydrogen) atoms. The molecule has 0 saturated carbocycles. The zero-order chi connectivity index (χ0) is 24.3. The molecule has 0 spiro atoms. The van der Waals surface area contributed by atoms with Crippen LogP contribution in [0.1, 0.15) is 0 Å². The van der Waals surface area contributed by atoms with E-state index in [-0.39, 0.29) is 5.91 Å². The van der Waals surface area contributed by atoms with Gasteiger partial charge in [-0.05, 0) is 36.4 Å². The lowest BCUT2D eigenvalue weighted by atomic mass is 10.2. The number of rotatable bonds is 6. The molecule has 1 fully saturated rings. The summed E-state index contributed by atoms with van der Waals surface area (Å²) in [6, 6.07) is 30.1. The normalized spacial score (nSPS) is 13.9. The van der Waals surface area contributed by atoms with Crippen molar-refractivity contribution >= 4 is 34.3 Å². The number of thioether (sulfide) groups is 1. The van der Waals surface area contributed by atoms with Crippen LogP contribution in [0, 0.1) is 0 Å². The number of carbonyl (C=O) groups is 1. The molecule has 0 radical (unpaired) electrons. The van der Waals surface area contributed by atoms with Gasteiger partial charge in [-0.2, -0.15) is 0 Å². The molecule has 0 aliphatic carbocycles. The summed E-state index contributed by atoms with van der Waals surface area (Å²) >= 11 is 1.41. The van der Waals surface area contributed by atoms with Gasteiger partial charge in [-0.25, -0.2) is 0 Å². The first-order valence-corrected chi connectivity index (χ1v) is 13.0. The van der Waals surface area contributed by atoms with Crippen molar-refractivity contribution in [2.24, 2.45) is 0 Å². The first-order chi connectivity index (χ1) is 17.8. The van der Waals surface area contributed by atoms with Gasteiger partial charge in [-0.3, -0.25) is 9.36 Å².